The van der Waals surface area contributed by atoms with Crippen LogP contribution in [0.15, 0.2) is 0 Å². The first kappa shape index (κ1) is 14.4. The standard InChI is InChI=1S/C11H24N2O2/c1-8(14)6-7-12-9(2)10(15)13-11(3,4)5/h8-9,12,14H,6-7H2,1-5H3,(H,13,15). The van der Waals surface area contributed by atoms with Gasteiger partial charge >= 0.3 is 0 Å². The Labute approximate surface area is 92.4 Å². The third-order valence-corrected chi connectivity index (χ3v) is 1.90. The molecule has 0 aliphatic rings. The van der Waals surface area contributed by atoms with Crippen molar-refractivity contribution in [3.63, 3.8) is 0 Å². The minimum atomic E-state index is -0.324. The van der Waals surface area contributed by atoms with Gasteiger partial charge in [0.05, 0.1) is 12.1 Å². The number of carbonyl (C=O) groups is 1. The first-order chi connectivity index (χ1) is 6.72. The molecule has 0 saturated carbocycles. The van der Waals surface area contributed by atoms with Gasteiger partial charge in [0.15, 0.2) is 0 Å². The van der Waals surface area contributed by atoms with Gasteiger partial charge in [-0.3, -0.25) is 4.79 Å². The van der Waals surface area contributed by atoms with E-state index < -0.39 is 0 Å². The Bertz CT molecular complexity index is 197. The summed E-state index contributed by atoms with van der Waals surface area (Å²) in [5.74, 6) is -0.00640. The van der Waals surface area contributed by atoms with Crippen LogP contribution >= 0.6 is 0 Å². The normalized spacial score (nSPS) is 15.9. The Hall–Kier alpha value is -0.610. The predicted molar refractivity (Wildman–Crippen MR) is 61.7 cm³/mol. The van der Waals surface area contributed by atoms with E-state index >= 15 is 0 Å². The smallest absolute Gasteiger partial charge is 0.237 e. The Morgan fingerprint density at radius 3 is 2.27 bits per heavy atom. The van der Waals surface area contributed by atoms with Gasteiger partial charge in [-0.15, -0.1) is 0 Å². The van der Waals surface area contributed by atoms with Gasteiger partial charge in [0.25, 0.3) is 0 Å². The molecule has 0 radical (unpaired) electrons. The molecule has 0 aromatic rings. The Morgan fingerprint density at radius 2 is 1.87 bits per heavy atom. The van der Waals surface area contributed by atoms with Crippen molar-refractivity contribution in [1.29, 1.82) is 0 Å². The summed E-state index contributed by atoms with van der Waals surface area (Å²) < 4.78 is 0. The SMILES string of the molecule is CC(O)CCNC(C)C(=O)NC(C)(C)C. The van der Waals surface area contributed by atoms with Gasteiger partial charge in [-0.25, -0.2) is 0 Å². The van der Waals surface area contributed by atoms with Crippen molar-refractivity contribution < 1.29 is 9.90 Å². The minimum Gasteiger partial charge on any atom is -0.393 e. The summed E-state index contributed by atoms with van der Waals surface area (Å²) in [7, 11) is 0. The fourth-order valence-corrected chi connectivity index (χ4v) is 1.08. The third-order valence-electron chi connectivity index (χ3n) is 1.90. The fourth-order valence-electron chi connectivity index (χ4n) is 1.08. The Morgan fingerprint density at radius 1 is 1.33 bits per heavy atom. The highest BCUT2D eigenvalue weighted by atomic mass is 16.3. The highest BCUT2D eigenvalue weighted by Crippen LogP contribution is 1.99. The third kappa shape index (κ3) is 8.39. The molecule has 0 spiro atoms. The van der Waals surface area contributed by atoms with Crippen LogP contribution in [0.5, 0.6) is 0 Å². The van der Waals surface area contributed by atoms with Gasteiger partial charge in [0, 0.05) is 5.54 Å². The average Bonchev–Trinajstić information content (AvgIpc) is 1.99. The van der Waals surface area contributed by atoms with Crippen LogP contribution in [0.25, 0.3) is 0 Å². The van der Waals surface area contributed by atoms with Gasteiger partial charge in [-0.1, -0.05) is 0 Å². The molecule has 15 heavy (non-hydrogen) atoms. The lowest BCUT2D eigenvalue weighted by Gasteiger charge is -2.23. The molecule has 1 amide bonds. The second-order valence-corrected chi connectivity index (χ2v) is 5.05. The number of carbonyl (C=O) groups excluding carboxylic acids is 1. The van der Waals surface area contributed by atoms with Crippen LogP contribution in [0.2, 0.25) is 0 Å². The summed E-state index contributed by atoms with van der Waals surface area (Å²) in [5.41, 5.74) is -0.197. The number of nitrogens with one attached hydrogen (secondary N) is 2. The van der Waals surface area contributed by atoms with Crippen molar-refractivity contribution in [3.8, 4) is 0 Å². The molecule has 0 heterocycles. The number of rotatable bonds is 5. The van der Waals surface area contributed by atoms with E-state index in [4.69, 9.17) is 5.11 Å². The fraction of sp³-hybridized carbons (Fsp3) is 0.909. The minimum absolute atomic E-state index is 0.00640. The van der Waals surface area contributed by atoms with Crippen LogP contribution in [-0.2, 0) is 4.79 Å². The molecule has 4 heteroatoms. The molecule has 0 aliphatic carbocycles. The molecule has 4 nitrogen and oxygen atoms in total. The van der Waals surface area contributed by atoms with E-state index in [-0.39, 0.29) is 23.6 Å². The topological polar surface area (TPSA) is 61.4 Å². The largest absolute Gasteiger partial charge is 0.393 e. The molecule has 0 aliphatic heterocycles. The van der Waals surface area contributed by atoms with Crippen LogP contribution in [0.4, 0.5) is 0 Å². The van der Waals surface area contributed by atoms with Crippen LogP contribution in [-0.4, -0.2) is 35.2 Å². The first-order valence-electron chi connectivity index (χ1n) is 5.46. The molecule has 0 fully saturated rings. The van der Waals surface area contributed by atoms with Crippen LogP contribution in [0.3, 0.4) is 0 Å². The van der Waals surface area contributed by atoms with Crippen molar-refractivity contribution in [2.24, 2.45) is 0 Å². The summed E-state index contributed by atoms with van der Waals surface area (Å²) in [5, 5.41) is 15.0. The molecule has 0 saturated heterocycles. The number of hydrogen-bond acceptors (Lipinski definition) is 3. The van der Waals surface area contributed by atoms with Crippen molar-refractivity contribution in [2.45, 2.75) is 58.7 Å². The van der Waals surface area contributed by atoms with Crippen molar-refractivity contribution in [2.75, 3.05) is 6.54 Å². The lowest BCUT2D eigenvalue weighted by Crippen LogP contribution is -2.49. The molecule has 0 aromatic carbocycles. The highest BCUT2D eigenvalue weighted by Gasteiger charge is 2.18. The number of hydrogen-bond donors (Lipinski definition) is 3. The molecule has 3 N–H and O–H groups in total. The van der Waals surface area contributed by atoms with Crippen molar-refractivity contribution in [1.82, 2.24) is 10.6 Å². The quantitative estimate of drug-likeness (QED) is 0.632. The van der Waals surface area contributed by atoms with Crippen LogP contribution in [0.1, 0.15) is 41.0 Å². The van der Waals surface area contributed by atoms with E-state index in [2.05, 4.69) is 10.6 Å². The molecule has 0 bridgehead atoms. The second-order valence-electron chi connectivity index (χ2n) is 5.05. The zero-order valence-corrected chi connectivity index (χ0v) is 10.4. The molecule has 2 atom stereocenters. The van der Waals surface area contributed by atoms with E-state index in [1.165, 1.54) is 0 Å². The van der Waals surface area contributed by atoms with E-state index in [1.807, 2.05) is 27.7 Å². The molecule has 0 aromatic heterocycles. The lowest BCUT2D eigenvalue weighted by atomic mass is 10.1. The number of aliphatic hydroxyl groups is 1. The monoisotopic (exact) mass is 216 g/mol. The first-order valence-corrected chi connectivity index (χ1v) is 5.46. The summed E-state index contributed by atoms with van der Waals surface area (Å²) >= 11 is 0. The molecular formula is C11H24N2O2. The average molecular weight is 216 g/mol. The summed E-state index contributed by atoms with van der Waals surface area (Å²) in [6.07, 6.45) is 0.336. The molecule has 0 rings (SSSR count). The maximum absolute atomic E-state index is 11.6. The predicted octanol–water partition coefficient (Wildman–Crippen LogP) is 0.650. The maximum Gasteiger partial charge on any atom is 0.237 e. The summed E-state index contributed by atoms with van der Waals surface area (Å²) in [4.78, 5) is 11.6. The number of amides is 1. The lowest BCUT2D eigenvalue weighted by molar-refractivity contribution is -0.124. The maximum atomic E-state index is 11.6. The van der Waals surface area contributed by atoms with E-state index in [0.29, 0.717) is 13.0 Å². The van der Waals surface area contributed by atoms with E-state index in [9.17, 15) is 4.79 Å². The zero-order valence-electron chi connectivity index (χ0n) is 10.4. The Kier molecular flexibility index (Phi) is 5.83. The van der Waals surface area contributed by atoms with E-state index in [1.54, 1.807) is 6.92 Å². The molecule has 2 unspecified atom stereocenters. The van der Waals surface area contributed by atoms with Crippen LogP contribution in [0, 0.1) is 0 Å². The van der Waals surface area contributed by atoms with Crippen molar-refractivity contribution in [3.05, 3.63) is 0 Å². The Balaban J connectivity index is 3.80. The summed E-state index contributed by atoms with van der Waals surface area (Å²) in [6, 6.07) is -0.219. The van der Waals surface area contributed by atoms with Gasteiger partial charge in [-0.2, -0.15) is 0 Å². The second kappa shape index (κ2) is 6.08. The molecular weight excluding hydrogens is 192 g/mol. The number of aliphatic hydroxyl groups excluding tert-OH is 1. The van der Waals surface area contributed by atoms with Crippen LogP contribution < -0.4 is 10.6 Å². The zero-order chi connectivity index (χ0) is 12.1. The molecule has 90 valence electrons. The van der Waals surface area contributed by atoms with Gasteiger partial charge in [-0.05, 0) is 47.6 Å². The van der Waals surface area contributed by atoms with E-state index in [0.717, 1.165) is 0 Å². The van der Waals surface area contributed by atoms with Gasteiger partial charge in [0.2, 0.25) is 5.91 Å². The van der Waals surface area contributed by atoms with Gasteiger partial charge in [0.1, 0.15) is 0 Å². The van der Waals surface area contributed by atoms with Crippen molar-refractivity contribution >= 4 is 5.91 Å². The summed E-state index contributed by atoms with van der Waals surface area (Å²) in [6.45, 7) is 10.1. The van der Waals surface area contributed by atoms with Gasteiger partial charge < -0.3 is 15.7 Å². The highest BCUT2D eigenvalue weighted by molar-refractivity contribution is 5.81.